The van der Waals surface area contributed by atoms with Gasteiger partial charge in [-0.25, -0.2) is 0 Å². The highest BCUT2D eigenvalue weighted by Crippen LogP contribution is 2.15. The Bertz CT molecular complexity index is 751. The van der Waals surface area contributed by atoms with Crippen molar-refractivity contribution in [1.82, 2.24) is 14.7 Å². The van der Waals surface area contributed by atoms with Crippen LogP contribution in [0.1, 0.15) is 18.4 Å². The molecule has 1 heterocycles. The molecule has 1 fully saturated rings. The summed E-state index contributed by atoms with van der Waals surface area (Å²) in [5, 5.41) is 9.89. The largest absolute Gasteiger partial charge is 0.396 e. The van der Waals surface area contributed by atoms with Crippen LogP contribution in [0.5, 0.6) is 0 Å². The molecule has 0 unspecified atom stereocenters. The van der Waals surface area contributed by atoms with Gasteiger partial charge >= 0.3 is 0 Å². The van der Waals surface area contributed by atoms with Gasteiger partial charge in [0, 0.05) is 57.9 Å². The predicted octanol–water partition coefficient (Wildman–Crippen LogP) is 1.25. The predicted molar refractivity (Wildman–Crippen MR) is 108 cm³/mol. The van der Waals surface area contributed by atoms with Gasteiger partial charge in [-0.2, -0.15) is 0 Å². The normalized spacial score (nSPS) is 16.2. The standard InChI is InChI=1S/C20H26ClN3O4/c1-22(2)20(28)17(9-13-25)24-12-11-23(10-8-19(24)27)18(26)7-6-15-4-3-5-16(21)14-15/h3-7,14,17,25H,8-13H2,1-2H3/b7-6+/t17-/m1/s1. The van der Waals surface area contributed by atoms with Crippen molar-refractivity contribution in [3.05, 3.63) is 40.9 Å². The minimum absolute atomic E-state index is 0.138. The van der Waals surface area contributed by atoms with Crippen LogP contribution in [-0.4, -0.2) is 83.9 Å². The van der Waals surface area contributed by atoms with Crippen molar-refractivity contribution in [1.29, 1.82) is 0 Å². The van der Waals surface area contributed by atoms with Gasteiger partial charge in [0.1, 0.15) is 6.04 Å². The van der Waals surface area contributed by atoms with Crippen molar-refractivity contribution >= 4 is 35.4 Å². The SMILES string of the molecule is CN(C)C(=O)[C@@H](CCO)N1CCN(C(=O)/C=C/c2cccc(Cl)c2)CCC1=O. The quantitative estimate of drug-likeness (QED) is 0.720. The maximum atomic E-state index is 12.5. The lowest BCUT2D eigenvalue weighted by molar-refractivity contribution is -0.144. The van der Waals surface area contributed by atoms with Crippen LogP contribution in [0.2, 0.25) is 5.02 Å². The Hall–Kier alpha value is -2.38. The molecular weight excluding hydrogens is 382 g/mol. The molecule has 28 heavy (non-hydrogen) atoms. The van der Waals surface area contributed by atoms with Gasteiger partial charge in [-0.15, -0.1) is 0 Å². The molecule has 1 N–H and O–H groups in total. The third-order valence-electron chi connectivity index (χ3n) is 4.61. The molecule has 7 nitrogen and oxygen atoms in total. The summed E-state index contributed by atoms with van der Waals surface area (Å²) in [5.74, 6) is -0.627. The first-order chi connectivity index (χ1) is 13.3. The van der Waals surface area contributed by atoms with E-state index >= 15 is 0 Å². The molecule has 0 spiro atoms. The Labute approximate surface area is 170 Å². The molecule has 1 aliphatic heterocycles. The number of aliphatic hydroxyl groups is 1. The second-order valence-electron chi connectivity index (χ2n) is 6.81. The number of carbonyl (C=O) groups is 3. The van der Waals surface area contributed by atoms with Gasteiger partial charge in [0.2, 0.25) is 17.7 Å². The summed E-state index contributed by atoms with van der Waals surface area (Å²) < 4.78 is 0. The highest BCUT2D eigenvalue weighted by molar-refractivity contribution is 6.30. The zero-order valence-corrected chi connectivity index (χ0v) is 16.9. The molecule has 0 radical (unpaired) electrons. The van der Waals surface area contributed by atoms with Gasteiger partial charge < -0.3 is 19.8 Å². The number of carbonyl (C=O) groups excluding carboxylic acids is 3. The minimum Gasteiger partial charge on any atom is -0.396 e. The fourth-order valence-corrected chi connectivity index (χ4v) is 3.30. The summed E-state index contributed by atoms with van der Waals surface area (Å²) in [6.07, 6.45) is 3.45. The van der Waals surface area contributed by atoms with Crippen LogP contribution >= 0.6 is 11.6 Å². The molecular formula is C20H26ClN3O4. The molecule has 0 aromatic heterocycles. The van der Waals surface area contributed by atoms with Crippen LogP contribution < -0.4 is 0 Å². The van der Waals surface area contributed by atoms with Crippen molar-refractivity contribution < 1.29 is 19.5 Å². The van der Waals surface area contributed by atoms with Crippen molar-refractivity contribution in [2.24, 2.45) is 0 Å². The number of likely N-dealkylation sites (N-methyl/N-ethyl adjacent to an activating group) is 1. The van der Waals surface area contributed by atoms with E-state index in [1.54, 1.807) is 43.3 Å². The Balaban J connectivity index is 2.06. The molecule has 0 bridgehead atoms. The third-order valence-corrected chi connectivity index (χ3v) is 4.85. The molecule has 1 atom stereocenters. The van der Waals surface area contributed by atoms with Crippen LogP contribution in [0, 0.1) is 0 Å². The molecule has 1 aliphatic rings. The summed E-state index contributed by atoms with van der Waals surface area (Å²) in [4.78, 5) is 42.0. The smallest absolute Gasteiger partial charge is 0.246 e. The molecule has 1 aromatic rings. The molecule has 0 saturated carbocycles. The fraction of sp³-hybridized carbons (Fsp3) is 0.450. The highest BCUT2D eigenvalue weighted by Gasteiger charge is 2.33. The van der Waals surface area contributed by atoms with Gasteiger partial charge in [0.25, 0.3) is 0 Å². The van der Waals surface area contributed by atoms with Crippen molar-refractivity contribution in [3.63, 3.8) is 0 Å². The van der Waals surface area contributed by atoms with E-state index in [1.165, 1.54) is 15.9 Å². The Kier molecular flexibility index (Phi) is 8.02. The van der Waals surface area contributed by atoms with E-state index in [9.17, 15) is 19.5 Å². The molecule has 3 amide bonds. The van der Waals surface area contributed by atoms with Gasteiger partial charge in [-0.3, -0.25) is 14.4 Å². The topological polar surface area (TPSA) is 81.2 Å². The van der Waals surface area contributed by atoms with E-state index in [-0.39, 0.29) is 50.3 Å². The second kappa shape index (κ2) is 10.2. The zero-order valence-electron chi connectivity index (χ0n) is 16.2. The lowest BCUT2D eigenvalue weighted by Gasteiger charge is -2.31. The maximum absolute atomic E-state index is 12.5. The first-order valence-electron chi connectivity index (χ1n) is 9.17. The van der Waals surface area contributed by atoms with Crippen molar-refractivity contribution in [2.45, 2.75) is 18.9 Å². The van der Waals surface area contributed by atoms with Gasteiger partial charge in [0.05, 0.1) is 0 Å². The molecule has 1 saturated heterocycles. The van der Waals surface area contributed by atoms with E-state index in [0.717, 1.165) is 5.56 Å². The number of benzene rings is 1. The van der Waals surface area contributed by atoms with Crippen LogP contribution in [0.25, 0.3) is 6.08 Å². The second-order valence-corrected chi connectivity index (χ2v) is 7.25. The molecule has 152 valence electrons. The van der Waals surface area contributed by atoms with Gasteiger partial charge in [-0.1, -0.05) is 23.7 Å². The number of amides is 3. The first-order valence-corrected chi connectivity index (χ1v) is 9.55. The summed E-state index contributed by atoms with van der Waals surface area (Å²) in [5.41, 5.74) is 0.813. The first kappa shape index (κ1) is 21.9. The van der Waals surface area contributed by atoms with E-state index in [4.69, 9.17) is 11.6 Å². The molecule has 1 aromatic carbocycles. The van der Waals surface area contributed by atoms with E-state index in [0.29, 0.717) is 11.6 Å². The minimum atomic E-state index is -0.718. The summed E-state index contributed by atoms with van der Waals surface area (Å²) in [6.45, 7) is 0.669. The highest BCUT2D eigenvalue weighted by atomic mass is 35.5. The number of hydrogen-bond donors (Lipinski definition) is 1. The van der Waals surface area contributed by atoms with E-state index < -0.39 is 6.04 Å². The van der Waals surface area contributed by atoms with Gasteiger partial charge in [0.15, 0.2) is 0 Å². The Morgan fingerprint density at radius 3 is 2.68 bits per heavy atom. The van der Waals surface area contributed by atoms with Crippen molar-refractivity contribution in [2.75, 3.05) is 40.3 Å². The van der Waals surface area contributed by atoms with Crippen LogP contribution in [-0.2, 0) is 14.4 Å². The summed E-state index contributed by atoms with van der Waals surface area (Å²) >= 11 is 5.94. The summed E-state index contributed by atoms with van der Waals surface area (Å²) in [6, 6.07) is 6.44. The van der Waals surface area contributed by atoms with Crippen LogP contribution in [0.3, 0.4) is 0 Å². The Morgan fingerprint density at radius 1 is 1.29 bits per heavy atom. The average Bonchev–Trinajstić information content (AvgIpc) is 2.85. The van der Waals surface area contributed by atoms with E-state index in [1.807, 2.05) is 6.07 Å². The number of halogens is 1. The van der Waals surface area contributed by atoms with E-state index in [2.05, 4.69) is 0 Å². The molecule has 0 aliphatic carbocycles. The molecule has 2 rings (SSSR count). The number of hydrogen-bond acceptors (Lipinski definition) is 4. The molecule has 8 heteroatoms. The number of aliphatic hydroxyl groups excluding tert-OH is 1. The monoisotopic (exact) mass is 407 g/mol. The maximum Gasteiger partial charge on any atom is 0.246 e. The van der Waals surface area contributed by atoms with Crippen LogP contribution in [0.15, 0.2) is 30.3 Å². The lowest BCUT2D eigenvalue weighted by atomic mass is 10.1. The van der Waals surface area contributed by atoms with Crippen LogP contribution in [0.4, 0.5) is 0 Å². The zero-order chi connectivity index (χ0) is 20.7. The summed E-state index contributed by atoms with van der Waals surface area (Å²) in [7, 11) is 3.23. The van der Waals surface area contributed by atoms with Gasteiger partial charge in [-0.05, 0) is 30.2 Å². The fourth-order valence-electron chi connectivity index (χ4n) is 3.11. The third kappa shape index (κ3) is 5.81. The average molecular weight is 408 g/mol. The lowest BCUT2D eigenvalue weighted by Crippen LogP contribution is -2.50. The van der Waals surface area contributed by atoms with Crippen molar-refractivity contribution in [3.8, 4) is 0 Å². The Morgan fingerprint density at radius 2 is 2.04 bits per heavy atom. The number of rotatable bonds is 6. The number of nitrogens with zero attached hydrogens (tertiary/aromatic N) is 3.